The van der Waals surface area contributed by atoms with Crippen LogP contribution in [-0.4, -0.2) is 23.2 Å². The summed E-state index contributed by atoms with van der Waals surface area (Å²) in [6, 6.07) is 3.47. The first-order valence-corrected chi connectivity index (χ1v) is 15.9. The Labute approximate surface area is 229 Å². The van der Waals surface area contributed by atoms with Crippen LogP contribution in [-0.2, 0) is 4.79 Å². The second kappa shape index (κ2) is 18.9. The molecule has 36 heavy (non-hydrogen) atoms. The second-order valence-electron chi connectivity index (χ2n) is 10.9. The largest absolute Gasteiger partial charge is 0.300 e. The Hall–Kier alpha value is -1.23. The van der Waals surface area contributed by atoms with Gasteiger partial charge < -0.3 is 0 Å². The van der Waals surface area contributed by atoms with E-state index < -0.39 is 11.7 Å². The van der Waals surface area contributed by atoms with Crippen LogP contribution in [0.15, 0.2) is 16.7 Å². The number of halogens is 1. The Morgan fingerprint density at radius 3 is 1.61 bits per heavy atom. The molecule has 0 N–H and O–H groups in total. The Morgan fingerprint density at radius 1 is 0.694 bits per heavy atom. The highest BCUT2D eigenvalue weighted by Crippen LogP contribution is 2.31. The molecule has 4 nitrogen and oxygen atoms in total. The predicted molar refractivity (Wildman–Crippen MR) is 156 cm³/mol. The van der Waals surface area contributed by atoms with Crippen molar-refractivity contribution in [3.05, 3.63) is 22.3 Å². The monoisotopic (exact) mass is 562 g/mol. The molecule has 0 radical (unpaired) electrons. The molecular formula is C31H51BrN2O2. The maximum atomic E-state index is 12.8. The highest BCUT2D eigenvalue weighted by Gasteiger charge is 2.38. The number of carbonyl (C=O) groups is 2. The highest BCUT2D eigenvalue weighted by atomic mass is 79.9. The van der Waals surface area contributed by atoms with Crippen molar-refractivity contribution in [2.45, 2.75) is 142 Å². The van der Waals surface area contributed by atoms with E-state index >= 15 is 0 Å². The van der Waals surface area contributed by atoms with Crippen molar-refractivity contribution in [3.8, 4) is 0 Å². The van der Waals surface area contributed by atoms with Crippen LogP contribution in [0, 0.1) is 5.92 Å². The van der Waals surface area contributed by atoms with Crippen LogP contribution in [0.4, 0.5) is 5.82 Å². The van der Waals surface area contributed by atoms with Gasteiger partial charge in [-0.25, -0.2) is 4.98 Å². The van der Waals surface area contributed by atoms with Gasteiger partial charge in [-0.05, 0) is 46.8 Å². The van der Waals surface area contributed by atoms with Crippen LogP contribution >= 0.6 is 15.9 Å². The molecule has 5 heteroatoms. The fourth-order valence-electron chi connectivity index (χ4n) is 5.38. The smallest absolute Gasteiger partial charge is 0.289 e. The lowest BCUT2D eigenvalue weighted by Gasteiger charge is -2.24. The van der Waals surface area contributed by atoms with Crippen molar-refractivity contribution >= 4 is 33.4 Å². The Morgan fingerprint density at radius 2 is 1.14 bits per heavy atom. The van der Waals surface area contributed by atoms with Crippen LogP contribution in [0.2, 0.25) is 0 Å². The molecule has 1 amide bonds. The molecule has 0 fully saturated rings. The van der Waals surface area contributed by atoms with E-state index in [-0.39, 0.29) is 0 Å². The van der Waals surface area contributed by atoms with Crippen molar-refractivity contribution in [1.29, 1.82) is 0 Å². The summed E-state index contributed by atoms with van der Waals surface area (Å²) in [4.78, 5) is 31.4. The van der Waals surface area contributed by atoms with E-state index in [1.54, 1.807) is 17.0 Å². The number of hydrogen-bond acceptors (Lipinski definition) is 3. The number of ketones is 1. The average molecular weight is 564 g/mol. The molecule has 1 unspecified atom stereocenters. The van der Waals surface area contributed by atoms with Crippen molar-refractivity contribution in [1.82, 2.24) is 4.98 Å². The zero-order chi connectivity index (χ0) is 26.0. The van der Waals surface area contributed by atoms with Gasteiger partial charge in [0.05, 0.1) is 5.56 Å². The van der Waals surface area contributed by atoms with E-state index in [4.69, 9.17) is 0 Å². The summed E-state index contributed by atoms with van der Waals surface area (Å²) >= 11 is 3.41. The lowest BCUT2D eigenvalue weighted by Crippen LogP contribution is -2.35. The number of amides is 1. The molecule has 0 aliphatic carbocycles. The minimum atomic E-state index is -0.408. The minimum absolute atomic E-state index is 0.403. The molecule has 0 bridgehead atoms. The van der Waals surface area contributed by atoms with Gasteiger partial charge in [-0.2, -0.15) is 0 Å². The standard InChI is InChI=1S/C31H51BrN2O2/c1-3-5-7-9-11-13-14-16-18-20-22-26(21-19-17-15-12-10-8-6-4-2)25-34-30-27(29(35)31(34)36)23-24-28(32)33-30/h23-24,26H,3-22,25H2,1-2H3. The summed E-state index contributed by atoms with van der Waals surface area (Å²) < 4.78 is 0.670. The molecule has 1 aliphatic heterocycles. The van der Waals surface area contributed by atoms with Gasteiger partial charge in [0.15, 0.2) is 0 Å². The Balaban J connectivity index is 1.79. The van der Waals surface area contributed by atoms with Gasteiger partial charge in [0.1, 0.15) is 10.4 Å². The van der Waals surface area contributed by atoms with Crippen molar-refractivity contribution in [2.75, 3.05) is 11.4 Å². The topological polar surface area (TPSA) is 50.3 Å². The zero-order valence-electron chi connectivity index (χ0n) is 23.2. The first-order valence-electron chi connectivity index (χ1n) is 15.1. The molecule has 0 aromatic carbocycles. The fraction of sp³-hybridized carbons (Fsp3) is 0.774. The van der Waals surface area contributed by atoms with Crippen LogP contribution < -0.4 is 4.90 Å². The van der Waals surface area contributed by atoms with E-state index in [2.05, 4.69) is 34.8 Å². The fourth-order valence-corrected chi connectivity index (χ4v) is 5.68. The van der Waals surface area contributed by atoms with Crippen molar-refractivity contribution < 1.29 is 9.59 Å². The average Bonchev–Trinajstić information content (AvgIpc) is 3.10. The van der Waals surface area contributed by atoms with Crippen molar-refractivity contribution in [3.63, 3.8) is 0 Å². The predicted octanol–water partition coefficient (Wildman–Crippen LogP) is 9.83. The lowest BCUT2D eigenvalue weighted by atomic mass is 9.93. The molecule has 1 aliphatic rings. The van der Waals surface area contributed by atoms with Crippen molar-refractivity contribution in [2.24, 2.45) is 5.92 Å². The molecule has 0 saturated carbocycles. The number of Topliss-reactive ketones (excluding diaryl/α,β-unsaturated/α-hetero) is 1. The molecule has 2 rings (SSSR count). The third-order valence-corrected chi connectivity index (χ3v) is 8.10. The normalized spacial score (nSPS) is 14.0. The van der Waals surface area contributed by atoms with E-state index in [0.29, 0.717) is 28.4 Å². The van der Waals surface area contributed by atoms with Gasteiger partial charge in [0, 0.05) is 6.54 Å². The van der Waals surface area contributed by atoms with Gasteiger partial charge in [-0.1, -0.05) is 129 Å². The summed E-state index contributed by atoms with van der Waals surface area (Å²) in [5.41, 5.74) is 0.452. The SMILES string of the molecule is CCCCCCCCCCCCC(CCCCCCCCCC)CN1C(=O)C(=O)c2ccc(Br)nc21. The number of carbonyl (C=O) groups excluding carboxylic acids is 2. The first kappa shape index (κ1) is 31.0. The molecule has 204 valence electrons. The van der Waals surface area contributed by atoms with E-state index in [1.165, 1.54) is 116 Å². The third kappa shape index (κ3) is 11.4. The Bertz CT molecular complexity index is 767. The summed E-state index contributed by atoms with van der Waals surface area (Å²) in [5.74, 6) is 0.167. The molecule has 1 aromatic heterocycles. The molecule has 0 saturated heterocycles. The van der Waals surface area contributed by atoms with Gasteiger partial charge in [0.25, 0.3) is 5.78 Å². The molecule has 0 spiro atoms. The number of unbranched alkanes of at least 4 members (excludes halogenated alkanes) is 16. The second-order valence-corrected chi connectivity index (χ2v) is 11.7. The lowest BCUT2D eigenvalue weighted by molar-refractivity contribution is -0.114. The summed E-state index contributed by atoms with van der Waals surface area (Å²) in [6.45, 7) is 5.16. The minimum Gasteiger partial charge on any atom is -0.289 e. The number of anilines is 1. The van der Waals surface area contributed by atoms with Crippen LogP contribution in [0.5, 0.6) is 0 Å². The molecular weight excluding hydrogens is 512 g/mol. The molecule has 1 aromatic rings. The number of hydrogen-bond donors (Lipinski definition) is 0. The summed E-state index contributed by atoms with van der Waals surface area (Å²) in [5, 5.41) is 0. The van der Waals surface area contributed by atoms with E-state index in [9.17, 15) is 9.59 Å². The maximum absolute atomic E-state index is 12.8. The van der Waals surface area contributed by atoms with E-state index in [0.717, 1.165) is 12.8 Å². The van der Waals surface area contributed by atoms with Crippen LogP contribution in [0.1, 0.15) is 153 Å². The number of fused-ring (bicyclic) bond motifs is 1. The number of pyridine rings is 1. The zero-order valence-corrected chi connectivity index (χ0v) is 24.8. The van der Waals surface area contributed by atoms with Crippen LogP contribution in [0.25, 0.3) is 0 Å². The number of rotatable bonds is 22. The summed E-state index contributed by atoms with van der Waals surface area (Å²) in [6.07, 6.45) is 26.2. The number of nitrogens with zero attached hydrogens (tertiary/aromatic N) is 2. The third-order valence-electron chi connectivity index (χ3n) is 7.65. The van der Waals surface area contributed by atoms with Gasteiger partial charge in [-0.15, -0.1) is 0 Å². The van der Waals surface area contributed by atoms with Gasteiger partial charge >= 0.3 is 5.91 Å². The maximum Gasteiger partial charge on any atom is 0.300 e. The quantitative estimate of drug-likeness (QED) is 0.0801. The van der Waals surface area contributed by atoms with Gasteiger partial charge in [-0.3, -0.25) is 14.5 Å². The van der Waals surface area contributed by atoms with Gasteiger partial charge in [0.2, 0.25) is 0 Å². The molecule has 1 atom stereocenters. The van der Waals surface area contributed by atoms with E-state index in [1.807, 2.05) is 0 Å². The highest BCUT2D eigenvalue weighted by molar-refractivity contribution is 9.10. The number of aromatic nitrogens is 1. The Kier molecular flexibility index (Phi) is 16.3. The summed E-state index contributed by atoms with van der Waals surface area (Å²) in [7, 11) is 0. The molecule has 2 heterocycles. The van der Waals surface area contributed by atoms with Crippen LogP contribution in [0.3, 0.4) is 0 Å². The first-order chi connectivity index (χ1) is 17.6.